The van der Waals surface area contributed by atoms with E-state index >= 15 is 0 Å². The quantitative estimate of drug-likeness (QED) is 0.465. The van der Waals surface area contributed by atoms with Gasteiger partial charge in [-0.3, -0.25) is 4.79 Å². The minimum atomic E-state index is -0.0122. The lowest BCUT2D eigenvalue weighted by atomic mass is 9.85. The van der Waals surface area contributed by atoms with Gasteiger partial charge >= 0.3 is 0 Å². The molecule has 4 rings (SSSR count). The minimum absolute atomic E-state index is 0.0122. The second-order valence-electron chi connectivity index (χ2n) is 8.47. The van der Waals surface area contributed by atoms with Crippen LogP contribution in [0.3, 0.4) is 0 Å². The van der Waals surface area contributed by atoms with Crippen LogP contribution in [-0.4, -0.2) is 41.0 Å². The van der Waals surface area contributed by atoms with Gasteiger partial charge in [-0.2, -0.15) is 15.0 Å². The van der Waals surface area contributed by atoms with Gasteiger partial charge in [-0.05, 0) is 43.4 Å². The molecule has 0 aliphatic heterocycles. The van der Waals surface area contributed by atoms with Crippen molar-refractivity contribution >= 4 is 41.0 Å². The molecule has 178 valence electrons. The smallest absolute Gasteiger partial charge is 0.230 e. The summed E-state index contributed by atoms with van der Waals surface area (Å²) in [5.41, 5.74) is 1.80. The predicted molar refractivity (Wildman–Crippen MR) is 137 cm³/mol. The van der Waals surface area contributed by atoms with E-state index in [1.807, 2.05) is 43.4 Å². The highest BCUT2D eigenvalue weighted by Crippen LogP contribution is 2.30. The molecule has 2 N–H and O–H groups in total. The first-order valence-electron chi connectivity index (χ1n) is 11.4. The number of rotatable bonds is 7. The highest BCUT2D eigenvalue weighted by atomic mass is 35.5. The summed E-state index contributed by atoms with van der Waals surface area (Å²) < 4.78 is 0. The summed E-state index contributed by atoms with van der Waals surface area (Å²) >= 11 is 12.2. The highest BCUT2D eigenvalue weighted by molar-refractivity contribution is 6.35. The fourth-order valence-electron chi connectivity index (χ4n) is 4.23. The van der Waals surface area contributed by atoms with E-state index < -0.39 is 0 Å². The summed E-state index contributed by atoms with van der Waals surface area (Å²) in [5, 5.41) is 7.20. The molecule has 0 spiro atoms. The van der Waals surface area contributed by atoms with Crippen LogP contribution in [0.4, 0.5) is 11.9 Å². The Kier molecular flexibility index (Phi) is 7.85. The molecule has 0 bridgehead atoms. The van der Waals surface area contributed by atoms with Gasteiger partial charge in [0.05, 0.1) is 0 Å². The van der Waals surface area contributed by atoms with Crippen LogP contribution in [0, 0.1) is 5.92 Å². The molecule has 0 radical (unpaired) electrons. The van der Waals surface area contributed by atoms with Crippen molar-refractivity contribution in [3.8, 4) is 11.4 Å². The Morgan fingerprint density at radius 1 is 1.03 bits per heavy atom. The maximum absolute atomic E-state index is 12.7. The van der Waals surface area contributed by atoms with E-state index in [0.29, 0.717) is 34.3 Å². The number of nitrogens with zero attached hydrogens (tertiary/aromatic N) is 4. The van der Waals surface area contributed by atoms with E-state index in [-0.39, 0.29) is 17.9 Å². The lowest BCUT2D eigenvalue weighted by Crippen LogP contribution is -2.40. The third kappa shape index (κ3) is 5.77. The Morgan fingerprint density at radius 3 is 2.44 bits per heavy atom. The van der Waals surface area contributed by atoms with E-state index in [9.17, 15) is 4.79 Å². The van der Waals surface area contributed by atoms with E-state index in [1.54, 1.807) is 19.2 Å². The number of hydrogen-bond acceptors (Lipinski definition) is 6. The number of carbonyl (C=O) groups is 1. The molecular weight excluding hydrogens is 471 g/mol. The average Bonchev–Trinajstić information content (AvgIpc) is 2.88. The van der Waals surface area contributed by atoms with E-state index in [2.05, 4.69) is 25.5 Å². The summed E-state index contributed by atoms with van der Waals surface area (Å²) in [6, 6.07) is 15.4. The fraction of sp³-hybridized carbons (Fsp3) is 0.360. The Balaban J connectivity index is 1.37. The maximum Gasteiger partial charge on any atom is 0.230 e. The second kappa shape index (κ2) is 11.0. The van der Waals surface area contributed by atoms with Crippen molar-refractivity contribution in [1.82, 2.24) is 20.3 Å². The average molecular weight is 499 g/mol. The third-order valence-corrected chi connectivity index (χ3v) is 6.87. The number of halogens is 2. The van der Waals surface area contributed by atoms with E-state index in [0.717, 1.165) is 36.8 Å². The Bertz CT molecular complexity index is 1140. The third-order valence-electron chi connectivity index (χ3n) is 6.28. The minimum Gasteiger partial charge on any atom is -0.357 e. The van der Waals surface area contributed by atoms with Crippen LogP contribution in [-0.2, 0) is 11.3 Å². The van der Waals surface area contributed by atoms with Crippen molar-refractivity contribution in [3.63, 3.8) is 0 Å². The lowest BCUT2D eigenvalue weighted by molar-refractivity contribution is -0.126. The first-order chi connectivity index (χ1) is 16.4. The molecule has 1 heterocycles. The van der Waals surface area contributed by atoms with E-state index in [4.69, 9.17) is 28.2 Å². The van der Waals surface area contributed by atoms with Gasteiger partial charge in [0, 0.05) is 48.2 Å². The van der Waals surface area contributed by atoms with Gasteiger partial charge in [0.15, 0.2) is 5.82 Å². The van der Waals surface area contributed by atoms with Crippen molar-refractivity contribution < 1.29 is 4.79 Å². The highest BCUT2D eigenvalue weighted by Gasteiger charge is 2.29. The number of nitrogens with one attached hydrogen (secondary N) is 2. The van der Waals surface area contributed by atoms with Crippen molar-refractivity contribution in [2.75, 3.05) is 24.3 Å². The standard InChI is InChI=1S/C25H28Cl2N6O/c1-28-24-30-22(16-6-4-3-5-7-16)31-25(32-24)33(2)20-12-9-17(10-13-20)23(34)29-15-18-8-11-19(26)14-21(18)27/h3-8,11,14,17,20H,9-10,12-13,15H2,1-2H3,(H,29,34)(H,28,30,31,32). The zero-order chi connectivity index (χ0) is 24.1. The normalized spacial score (nSPS) is 17.8. The topological polar surface area (TPSA) is 83.0 Å². The maximum atomic E-state index is 12.7. The molecule has 1 amide bonds. The molecular formula is C25H28Cl2N6O. The van der Waals surface area contributed by atoms with Gasteiger partial charge in [0.1, 0.15) is 0 Å². The summed E-state index contributed by atoms with van der Waals surface area (Å²) in [6.07, 6.45) is 3.39. The summed E-state index contributed by atoms with van der Waals surface area (Å²) in [4.78, 5) is 28.7. The zero-order valence-corrected chi connectivity index (χ0v) is 20.8. The van der Waals surface area contributed by atoms with Crippen LogP contribution < -0.4 is 15.5 Å². The number of anilines is 2. The SMILES string of the molecule is CNc1nc(-c2ccccc2)nc(N(C)C2CCC(C(=O)NCc3ccc(Cl)cc3Cl)CC2)n1. The Hall–Kier alpha value is -2.90. The van der Waals surface area contributed by atoms with Gasteiger partial charge in [-0.25, -0.2) is 0 Å². The van der Waals surface area contributed by atoms with Crippen LogP contribution in [0.2, 0.25) is 10.0 Å². The van der Waals surface area contributed by atoms with Crippen molar-refractivity contribution in [1.29, 1.82) is 0 Å². The molecule has 1 aliphatic carbocycles. The van der Waals surface area contributed by atoms with E-state index in [1.165, 1.54) is 0 Å². The number of aromatic nitrogens is 3. The van der Waals surface area contributed by atoms with Gasteiger partial charge in [0.2, 0.25) is 17.8 Å². The van der Waals surface area contributed by atoms with Crippen LogP contribution >= 0.6 is 23.2 Å². The molecule has 2 aromatic carbocycles. The van der Waals surface area contributed by atoms with Crippen molar-refractivity contribution in [3.05, 3.63) is 64.1 Å². The Labute approximate surface area is 209 Å². The molecule has 1 fully saturated rings. The van der Waals surface area contributed by atoms with Crippen LogP contribution in [0.5, 0.6) is 0 Å². The monoisotopic (exact) mass is 498 g/mol. The molecule has 3 aromatic rings. The van der Waals surface area contributed by atoms with Gasteiger partial charge in [-0.15, -0.1) is 0 Å². The molecule has 34 heavy (non-hydrogen) atoms. The molecule has 1 aliphatic rings. The number of hydrogen-bond donors (Lipinski definition) is 2. The second-order valence-corrected chi connectivity index (χ2v) is 9.31. The molecule has 1 aromatic heterocycles. The molecule has 1 saturated carbocycles. The first-order valence-corrected chi connectivity index (χ1v) is 12.1. The molecule has 0 saturated heterocycles. The largest absolute Gasteiger partial charge is 0.357 e. The number of carbonyl (C=O) groups excluding carboxylic acids is 1. The Morgan fingerprint density at radius 2 is 1.76 bits per heavy atom. The molecule has 9 heteroatoms. The van der Waals surface area contributed by atoms with Crippen LogP contribution in [0.1, 0.15) is 31.2 Å². The van der Waals surface area contributed by atoms with Gasteiger partial charge in [-0.1, -0.05) is 59.6 Å². The summed E-state index contributed by atoms with van der Waals surface area (Å²) in [6.45, 7) is 0.397. The van der Waals surface area contributed by atoms with Gasteiger partial charge in [0.25, 0.3) is 0 Å². The fourth-order valence-corrected chi connectivity index (χ4v) is 4.71. The summed E-state index contributed by atoms with van der Waals surface area (Å²) in [7, 11) is 3.81. The number of benzene rings is 2. The van der Waals surface area contributed by atoms with Crippen LogP contribution in [0.25, 0.3) is 11.4 Å². The predicted octanol–water partition coefficient (Wildman–Crippen LogP) is 5.20. The number of amides is 1. The van der Waals surface area contributed by atoms with Crippen molar-refractivity contribution in [2.24, 2.45) is 5.92 Å². The van der Waals surface area contributed by atoms with Crippen LogP contribution in [0.15, 0.2) is 48.5 Å². The van der Waals surface area contributed by atoms with Crippen molar-refractivity contribution in [2.45, 2.75) is 38.3 Å². The lowest BCUT2D eigenvalue weighted by Gasteiger charge is -2.34. The van der Waals surface area contributed by atoms with Gasteiger partial charge < -0.3 is 15.5 Å². The summed E-state index contributed by atoms with van der Waals surface area (Å²) in [5.74, 6) is 1.85. The molecule has 0 unspecified atom stereocenters. The molecule has 7 nitrogen and oxygen atoms in total. The zero-order valence-electron chi connectivity index (χ0n) is 19.3. The molecule has 0 atom stereocenters. The first kappa shape index (κ1) is 24.2.